The van der Waals surface area contributed by atoms with Gasteiger partial charge in [-0.15, -0.1) is 0 Å². The van der Waals surface area contributed by atoms with Gasteiger partial charge in [-0.25, -0.2) is 4.79 Å². The molecule has 0 spiro atoms. The summed E-state index contributed by atoms with van der Waals surface area (Å²) in [5, 5.41) is 10.0. The van der Waals surface area contributed by atoms with E-state index in [4.69, 9.17) is 18.9 Å². The van der Waals surface area contributed by atoms with Crippen molar-refractivity contribution in [3.63, 3.8) is 0 Å². The third-order valence-electron chi connectivity index (χ3n) is 6.99. The highest BCUT2D eigenvalue weighted by atomic mass is 16.6. The number of aliphatic hydroxyl groups is 1. The lowest BCUT2D eigenvalue weighted by Gasteiger charge is -2.48. The summed E-state index contributed by atoms with van der Waals surface area (Å²) in [6.07, 6.45) is 0. The summed E-state index contributed by atoms with van der Waals surface area (Å²) in [5.74, 6) is 0.287. The van der Waals surface area contributed by atoms with Gasteiger partial charge in [0.05, 0.1) is 45.5 Å². The molecule has 4 aromatic rings. The van der Waals surface area contributed by atoms with E-state index in [-0.39, 0.29) is 18.3 Å². The molecule has 2 atom stereocenters. The maximum Gasteiger partial charge on any atom is 0.343 e. The molecule has 0 aliphatic carbocycles. The fourth-order valence-corrected chi connectivity index (χ4v) is 5.08. The molecule has 1 aliphatic rings. The van der Waals surface area contributed by atoms with E-state index in [1.165, 1.54) is 21.3 Å². The first-order valence-corrected chi connectivity index (χ1v) is 12.7. The molecule has 1 unspecified atom stereocenters. The normalized spacial score (nSPS) is 16.2. The van der Waals surface area contributed by atoms with Crippen molar-refractivity contribution in [1.82, 2.24) is 0 Å². The number of hydrogen-bond donors (Lipinski definition) is 1. The Balaban J connectivity index is 1.60. The molecule has 1 saturated heterocycles. The van der Waals surface area contributed by atoms with Gasteiger partial charge in [0.1, 0.15) is 0 Å². The Hall–Kier alpha value is -4.82. The zero-order valence-electron chi connectivity index (χ0n) is 22.4. The second-order valence-corrected chi connectivity index (χ2v) is 9.21. The Morgan fingerprint density at radius 1 is 0.775 bits per heavy atom. The lowest BCUT2D eigenvalue weighted by atomic mass is 9.77. The minimum absolute atomic E-state index is 0.119. The number of nitrogens with zero attached hydrogens (tertiary/aromatic N) is 1. The van der Waals surface area contributed by atoms with Crippen LogP contribution in [0.25, 0.3) is 0 Å². The molecule has 40 heavy (non-hydrogen) atoms. The average molecular weight is 540 g/mol. The van der Waals surface area contributed by atoms with Crippen molar-refractivity contribution in [2.75, 3.05) is 26.2 Å². The maximum atomic E-state index is 13.8. The van der Waals surface area contributed by atoms with E-state index in [0.717, 1.165) is 11.1 Å². The van der Waals surface area contributed by atoms with Gasteiger partial charge >= 0.3 is 5.97 Å². The molecule has 8 heteroatoms. The molecular weight excluding hydrogens is 510 g/mol. The highest BCUT2D eigenvalue weighted by Gasteiger charge is 2.50. The van der Waals surface area contributed by atoms with Crippen molar-refractivity contribution < 1.29 is 33.6 Å². The van der Waals surface area contributed by atoms with Gasteiger partial charge in [-0.3, -0.25) is 4.79 Å². The molecule has 0 saturated carbocycles. The topological polar surface area (TPSA) is 94.5 Å². The first kappa shape index (κ1) is 26.8. The van der Waals surface area contributed by atoms with Gasteiger partial charge < -0.3 is 29.0 Å². The van der Waals surface area contributed by atoms with Crippen molar-refractivity contribution in [3.05, 3.63) is 113 Å². The third kappa shape index (κ3) is 4.85. The predicted octanol–water partition coefficient (Wildman–Crippen LogP) is 5.30. The number of carbonyl (C=O) groups excluding carboxylic acids is 2. The van der Waals surface area contributed by atoms with E-state index in [0.29, 0.717) is 34.1 Å². The van der Waals surface area contributed by atoms with Crippen molar-refractivity contribution >= 4 is 17.6 Å². The Kier molecular flexibility index (Phi) is 7.70. The molecule has 1 N–H and O–H groups in total. The molecule has 4 aromatic carbocycles. The van der Waals surface area contributed by atoms with E-state index in [2.05, 4.69) is 0 Å². The van der Waals surface area contributed by atoms with Crippen LogP contribution in [0, 0.1) is 0 Å². The summed E-state index contributed by atoms with van der Waals surface area (Å²) in [7, 11) is 4.50. The second kappa shape index (κ2) is 11.5. The number of ether oxygens (including phenoxy) is 4. The lowest BCUT2D eigenvalue weighted by molar-refractivity contribution is -0.126. The van der Waals surface area contributed by atoms with Crippen LogP contribution in [0.1, 0.15) is 39.0 Å². The summed E-state index contributed by atoms with van der Waals surface area (Å²) in [6, 6.07) is 26.5. The molecule has 1 heterocycles. The summed E-state index contributed by atoms with van der Waals surface area (Å²) < 4.78 is 22.2. The van der Waals surface area contributed by atoms with Gasteiger partial charge in [0.2, 0.25) is 5.91 Å². The summed E-state index contributed by atoms with van der Waals surface area (Å²) in [4.78, 5) is 28.3. The van der Waals surface area contributed by atoms with Gasteiger partial charge in [-0.05, 0) is 41.5 Å². The number of methoxy groups -OCH3 is 3. The van der Waals surface area contributed by atoms with Crippen LogP contribution >= 0.6 is 0 Å². The van der Waals surface area contributed by atoms with E-state index < -0.39 is 17.9 Å². The van der Waals surface area contributed by atoms with Crippen LogP contribution in [0.2, 0.25) is 0 Å². The van der Waals surface area contributed by atoms with Crippen LogP contribution in [0.15, 0.2) is 91.0 Å². The molecule has 1 aliphatic heterocycles. The van der Waals surface area contributed by atoms with E-state index in [1.807, 2.05) is 42.5 Å². The van der Waals surface area contributed by atoms with Gasteiger partial charge in [-0.2, -0.15) is 0 Å². The first-order valence-electron chi connectivity index (χ1n) is 12.7. The SMILES string of the molecule is COc1ccc(C2[C@H](c3ccccc3)C(=O)N2c2cc(CO)c(OC)c(OC)c2)cc1OC(=O)c1ccccc1. The van der Waals surface area contributed by atoms with Crippen molar-refractivity contribution in [1.29, 1.82) is 0 Å². The first-order chi connectivity index (χ1) is 19.5. The predicted molar refractivity (Wildman–Crippen MR) is 149 cm³/mol. The smallest absolute Gasteiger partial charge is 0.343 e. The Labute approximate surface area is 232 Å². The average Bonchev–Trinajstić information content (AvgIpc) is 3.00. The number of benzene rings is 4. The highest BCUT2D eigenvalue weighted by Crippen LogP contribution is 2.51. The molecular formula is C32H29NO7. The van der Waals surface area contributed by atoms with Gasteiger partial charge in [0.15, 0.2) is 23.0 Å². The molecule has 1 fully saturated rings. The van der Waals surface area contributed by atoms with E-state index >= 15 is 0 Å². The number of carbonyl (C=O) groups is 2. The highest BCUT2D eigenvalue weighted by molar-refractivity contribution is 6.07. The number of amides is 1. The van der Waals surface area contributed by atoms with Crippen LogP contribution in [0.4, 0.5) is 5.69 Å². The number of rotatable bonds is 9. The maximum absolute atomic E-state index is 13.8. The number of β-lactam (4-membered cyclic amide) rings is 1. The number of esters is 1. The molecule has 0 radical (unpaired) electrons. The molecule has 0 bridgehead atoms. The van der Waals surface area contributed by atoms with E-state index in [1.54, 1.807) is 53.4 Å². The molecule has 204 valence electrons. The monoisotopic (exact) mass is 539 g/mol. The van der Waals surface area contributed by atoms with Crippen molar-refractivity contribution in [2.24, 2.45) is 0 Å². The minimum atomic E-state index is -0.523. The van der Waals surface area contributed by atoms with Crippen LogP contribution in [0.3, 0.4) is 0 Å². The zero-order valence-corrected chi connectivity index (χ0v) is 22.4. The van der Waals surface area contributed by atoms with Crippen molar-refractivity contribution in [2.45, 2.75) is 18.6 Å². The zero-order chi connectivity index (χ0) is 28.2. The fraction of sp³-hybridized carbons (Fsp3) is 0.188. The van der Waals surface area contributed by atoms with Crippen LogP contribution < -0.4 is 23.8 Å². The van der Waals surface area contributed by atoms with Crippen LogP contribution in [-0.4, -0.2) is 38.3 Å². The third-order valence-corrected chi connectivity index (χ3v) is 6.99. The lowest BCUT2D eigenvalue weighted by Crippen LogP contribution is -2.53. The Morgan fingerprint density at radius 2 is 1.45 bits per heavy atom. The number of aliphatic hydroxyl groups excluding tert-OH is 1. The number of anilines is 1. The van der Waals surface area contributed by atoms with Gasteiger partial charge in [0.25, 0.3) is 0 Å². The second-order valence-electron chi connectivity index (χ2n) is 9.21. The van der Waals surface area contributed by atoms with Crippen molar-refractivity contribution in [3.8, 4) is 23.0 Å². The molecule has 0 aromatic heterocycles. The largest absolute Gasteiger partial charge is 0.493 e. The van der Waals surface area contributed by atoms with Gasteiger partial charge in [0, 0.05) is 17.3 Å². The molecule has 1 amide bonds. The van der Waals surface area contributed by atoms with Gasteiger partial charge in [-0.1, -0.05) is 54.6 Å². The fourth-order valence-electron chi connectivity index (χ4n) is 5.08. The summed E-state index contributed by atoms with van der Waals surface area (Å²) in [5.41, 5.74) is 3.03. The number of hydrogen-bond acceptors (Lipinski definition) is 7. The standard InChI is InChI=1S/C32H29NO7/c1-37-25-15-14-22(17-26(25)40-32(36)21-12-8-5-9-13-21)29-28(20-10-6-4-7-11-20)31(35)33(29)24-16-23(19-34)30(39-3)27(18-24)38-2/h4-18,28-29,34H,19H2,1-3H3/t28-,29?/m0/s1. The van der Waals surface area contributed by atoms with E-state index in [9.17, 15) is 14.7 Å². The van der Waals surface area contributed by atoms with Crippen LogP contribution in [-0.2, 0) is 11.4 Å². The van der Waals surface area contributed by atoms with Crippen LogP contribution in [0.5, 0.6) is 23.0 Å². The summed E-state index contributed by atoms with van der Waals surface area (Å²) in [6.45, 7) is -0.301. The molecule has 5 rings (SSSR count). The quantitative estimate of drug-likeness (QED) is 0.175. The Bertz CT molecular complexity index is 1500. The summed E-state index contributed by atoms with van der Waals surface area (Å²) >= 11 is 0. The minimum Gasteiger partial charge on any atom is -0.493 e. The molecule has 8 nitrogen and oxygen atoms in total. The Morgan fingerprint density at radius 3 is 2.08 bits per heavy atom.